The zero-order valence-corrected chi connectivity index (χ0v) is 17.8. The summed E-state index contributed by atoms with van der Waals surface area (Å²) < 4.78 is 47.7. The van der Waals surface area contributed by atoms with Crippen molar-refractivity contribution in [1.82, 2.24) is 4.72 Å². The van der Waals surface area contributed by atoms with Crippen molar-refractivity contribution >= 4 is 32.6 Å². The van der Waals surface area contributed by atoms with Crippen molar-refractivity contribution in [2.75, 3.05) is 18.0 Å². The first-order valence-electron chi connectivity index (χ1n) is 9.81. The number of furan rings is 1. The minimum Gasteiger partial charge on any atom is -0.451 e. The molecule has 30 heavy (non-hydrogen) atoms. The molecule has 6 nitrogen and oxygen atoms in total. The molecule has 0 saturated carbocycles. The number of hydrogen-bond donors (Lipinski definition) is 1. The van der Waals surface area contributed by atoms with Crippen molar-refractivity contribution in [1.29, 1.82) is 0 Å². The third-order valence-corrected chi connectivity index (χ3v) is 6.89. The van der Waals surface area contributed by atoms with E-state index in [0.29, 0.717) is 11.3 Å². The molecule has 1 N–H and O–H groups in total. The van der Waals surface area contributed by atoms with Crippen LogP contribution in [0.15, 0.2) is 45.7 Å². The number of halogens is 1. The summed E-state index contributed by atoms with van der Waals surface area (Å²) in [5.41, 5.74) is 2.26. The molecule has 1 saturated heterocycles. The van der Waals surface area contributed by atoms with Crippen molar-refractivity contribution in [2.24, 2.45) is 0 Å². The molecule has 1 aliphatic heterocycles. The lowest BCUT2D eigenvalue weighted by Crippen LogP contribution is -2.36. The predicted octanol–water partition coefficient (Wildman–Crippen LogP) is 4.33. The fourth-order valence-corrected chi connectivity index (χ4v) is 4.68. The number of nitrogens with zero attached hydrogens (tertiary/aromatic N) is 1. The van der Waals surface area contributed by atoms with Crippen LogP contribution >= 0.6 is 0 Å². The average molecular weight is 431 g/mol. The van der Waals surface area contributed by atoms with Crippen LogP contribution in [-0.4, -0.2) is 27.4 Å². The number of carbonyl (C=O) groups excluding carboxylic acids is 1. The molecule has 4 rings (SSSR count). The van der Waals surface area contributed by atoms with Gasteiger partial charge in [-0.1, -0.05) is 26.0 Å². The molecular formula is C22H23FN2O4S. The average Bonchev–Trinajstić information content (AvgIpc) is 3.05. The lowest BCUT2D eigenvalue weighted by molar-refractivity contribution is 0.0956. The van der Waals surface area contributed by atoms with E-state index in [9.17, 15) is 17.6 Å². The van der Waals surface area contributed by atoms with Crippen LogP contribution in [0, 0.1) is 12.7 Å². The number of sulfonamides is 1. The Labute approximate surface area is 174 Å². The lowest BCUT2D eigenvalue weighted by Gasteiger charge is -2.33. The molecule has 158 valence electrons. The van der Waals surface area contributed by atoms with E-state index in [-0.39, 0.29) is 27.5 Å². The SMILES string of the molecule is Cc1ccc(C(C)C)cc1S(=O)(=O)NC(=O)c1cc2c(F)cc(N3CCC3)cc2o1. The van der Waals surface area contributed by atoms with Gasteiger partial charge in [-0.25, -0.2) is 17.5 Å². The van der Waals surface area contributed by atoms with Crippen molar-refractivity contribution in [3.63, 3.8) is 0 Å². The number of fused-ring (bicyclic) bond motifs is 1. The van der Waals surface area contributed by atoms with Gasteiger partial charge in [0.2, 0.25) is 0 Å². The van der Waals surface area contributed by atoms with Gasteiger partial charge in [-0.15, -0.1) is 0 Å². The van der Waals surface area contributed by atoms with Gasteiger partial charge in [0, 0.05) is 30.9 Å². The fourth-order valence-electron chi connectivity index (χ4n) is 3.44. The number of amides is 1. The molecule has 1 fully saturated rings. The Hall–Kier alpha value is -2.87. The molecule has 0 unspecified atom stereocenters. The Morgan fingerprint density at radius 2 is 1.90 bits per heavy atom. The van der Waals surface area contributed by atoms with Gasteiger partial charge in [0.25, 0.3) is 10.0 Å². The molecule has 1 amide bonds. The molecule has 1 aromatic heterocycles. The van der Waals surface area contributed by atoms with E-state index >= 15 is 0 Å². The zero-order chi connectivity index (χ0) is 21.6. The zero-order valence-electron chi connectivity index (χ0n) is 17.0. The first-order chi connectivity index (χ1) is 14.2. The molecule has 0 radical (unpaired) electrons. The maximum Gasteiger partial charge on any atom is 0.300 e. The van der Waals surface area contributed by atoms with Crippen molar-refractivity contribution in [3.05, 3.63) is 59.1 Å². The molecule has 3 aromatic rings. The summed E-state index contributed by atoms with van der Waals surface area (Å²) in [5, 5.41) is 0.139. The standard InChI is InChI=1S/C22H23FN2O4S/c1-13(2)15-6-5-14(3)21(9-15)30(27,28)24-22(26)20-12-17-18(23)10-16(11-19(17)29-20)25-7-4-8-25/h5-6,9-13H,4,7-8H2,1-3H3,(H,24,26). The summed E-state index contributed by atoms with van der Waals surface area (Å²) in [6, 6.07) is 9.43. The summed E-state index contributed by atoms with van der Waals surface area (Å²) in [4.78, 5) is 14.6. The van der Waals surface area contributed by atoms with Crippen LogP contribution in [0.5, 0.6) is 0 Å². The quantitative estimate of drug-likeness (QED) is 0.652. The topological polar surface area (TPSA) is 79.6 Å². The number of benzene rings is 2. The first kappa shape index (κ1) is 20.4. The summed E-state index contributed by atoms with van der Waals surface area (Å²) in [6.45, 7) is 7.25. The molecule has 0 bridgehead atoms. The number of nitrogens with one attached hydrogen (secondary N) is 1. The van der Waals surface area contributed by atoms with Gasteiger partial charge < -0.3 is 9.32 Å². The molecule has 8 heteroatoms. The van der Waals surface area contributed by atoms with Crippen LogP contribution in [0.25, 0.3) is 11.0 Å². The van der Waals surface area contributed by atoms with E-state index in [4.69, 9.17) is 4.42 Å². The minimum absolute atomic E-state index is 0.0319. The highest BCUT2D eigenvalue weighted by molar-refractivity contribution is 7.90. The number of hydrogen-bond acceptors (Lipinski definition) is 5. The number of carbonyl (C=O) groups is 1. The Morgan fingerprint density at radius 3 is 2.53 bits per heavy atom. The molecule has 0 aliphatic carbocycles. The van der Waals surface area contributed by atoms with Crippen LogP contribution < -0.4 is 9.62 Å². The van der Waals surface area contributed by atoms with E-state index in [1.54, 1.807) is 25.1 Å². The molecular weight excluding hydrogens is 407 g/mol. The summed E-state index contributed by atoms with van der Waals surface area (Å²) >= 11 is 0. The van der Waals surface area contributed by atoms with Gasteiger partial charge in [0.15, 0.2) is 5.76 Å². The minimum atomic E-state index is -4.12. The second kappa shape index (κ2) is 7.43. The van der Waals surface area contributed by atoms with Crippen LogP contribution in [0.3, 0.4) is 0 Å². The van der Waals surface area contributed by atoms with Gasteiger partial charge >= 0.3 is 5.91 Å². The third kappa shape index (κ3) is 3.67. The van der Waals surface area contributed by atoms with Gasteiger partial charge in [0.05, 0.1) is 10.3 Å². The molecule has 0 spiro atoms. The third-order valence-electron chi connectivity index (χ3n) is 5.41. The van der Waals surface area contributed by atoms with Crippen molar-refractivity contribution in [2.45, 2.75) is 38.0 Å². The maximum absolute atomic E-state index is 14.5. The number of aryl methyl sites for hydroxylation is 1. The maximum atomic E-state index is 14.5. The van der Waals surface area contributed by atoms with E-state index in [0.717, 1.165) is 25.1 Å². The summed E-state index contributed by atoms with van der Waals surface area (Å²) in [5.74, 6) is -1.58. The highest BCUT2D eigenvalue weighted by Crippen LogP contribution is 2.30. The van der Waals surface area contributed by atoms with E-state index in [1.165, 1.54) is 12.1 Å². The second-order valence-corrected chi connectivity index (χ2v) is 9.56. The molecule has 1 aliphatic rings. The van der Waals surface area contributed by atoms with Gasteiger partial charge in [-0.2, -0.15) is 0 Å². The Kier molecular flexibility index (Phi) is 5.05. The molecule has 0 atom stereocenters. The number of anilines is 1. The van der Waals surface area contributed by atoms with E-state index in [2.05, 4.69) is 0 Å². The van der Waals surface area contributed by atoms with Gasteiger partial charge in [-0.3, -0.25) is 4.79 Å². The predicted molar refractivity (Wildman–Crippen MR) is 113 cm³/mol. The highest BCUT2D eigenvalue weighted by Gasteiger charge is 2.25. The lowest BCUT2D eigenvalue weighted by atomic mass is 10.0. The van der Waals surface area contributed by atoms with Crippen LogP contribution in [0.2, 0.25) is 0 Å². The fraction of sp³-hybridized carbons (Fsp3) is 0.318. The van der Waals surface area contributed by atoms with E-state index < -0.39 is 21.7 Å². The van der Waals surface area contributed by atoms with Crippen molar-refractivity contribution in [3.8, 4) is 0 Å². The first-order valence-corrected chi connectivity index (χ1v) is 11.3. The Morgan fingerprint density at radius 1 is 1.17 bits per heavy atom. The van der Waals surface area contributed by atoms with Crippen LogP contribution in [0.4, 0.5) is 10.1 Å². The summed E-state index contributed by atoms with van der Waals surface area (Å²) in [6.07, 6.45) is 1.04. The molecule has 2 heterocycles. The van der Waals surface area contributed by atoms with E-state index in [1.807, 2.05) is 29.5 Å². The van der Waals surface area contributed by atoms with Crippen LogP contribution in [-0.2, 0) is 10.0 Å². The van der Waals surface area contributed by atoms with Gasteiger partial charge in [0.1, 0.15) is 11.4 Å². The monoisotopic (exact) mass is 430 g/mol. The Balaban J connectivity index is 1.64. The summed E-state index contributed by atoms with van der Waals surface area (Å²) in [7, 11) is -4.12. The Bertz CT molecular complexity index is 1240. The van der Waals surface area contributed by atoms with Crippen molar-refractivity contribution < 1.29 is 22.0 Å². The highest BCUT2D eigenvalue weighted by atomic mass is 32.2. The van der Waals surface area contributed by atoms with Gasteiger partial charge in [-0.05, 0) is 42.5 Å². The molecule has 2 aromatic carbocycles. The largest absolute Gasteiger partial charge is 0.451 e. The smallest absolute Gasteiger partial charge is 0.300 e. The number of rotatable bonds is 5. The normalized spacial score (nSPS) is 14.2. The van der Waals surface area contributed by atoms with Crippen LogP contribution in [0.1, 0.15) is 47.9 Å². The second-order valence-electron chi connectivity index (χ2n) is 7.90.